The van der Waals surface area contributed by atoms with Crippen LogP contribution in [0.2, 0.25) is 0 Å². The van der Waals surface area contributed by atoms with E-state index in [4.69, 9.17) is 28.4 Å². The summed E-state index contributed by atoms with van der Waals surface area (Å²) in [5, 5.41) is 0.670. The third-order valence-electron chi connectivity index (χ3n) is 3.96. The number of methoxy groups -OCH3 is 5. The van der Waals surface area contributed by atoms with Gasteiger partial charge in [0.15, 0.2) is 23.0 Å². The van der Waals surface area contributed by atoms with Gasteiger partial charge in [0.05, 0.1) is 46.5 Å². The Balaban J connectivity index is 2.09. The number of nitrogens with zero attached hydrogens (tertiary/aromatic N) is 2. The Morgan fingerprint density at radius 1 is 0.630 bits per heavy atom. The maximum absolute atomic E-state index is 5.99. The van der Waals surface area contributed by atoms with Crippen LogP contribution in [0.25, 0.3) is 10.9 Å². The number of hydrogen-bond acceptors (Lipinski definition) is 8. The highest BCUT2D eigenvalue weighted by Crippen LogP contribution is 2.43. The van der Waals surface area contributed by atoms with Crippen molar-refractivity contribution in [2.24, 2.45) is 0 Å². The van der Waals surface area contributed by atoms with Gasteiger partial charge in [0.2, 0.25) is 11.6 Å². The Bertz CT molecular complexity index is 935. The first-order chi connectivity index (χ1) is 13.1. The van der Waals surface area contributed by atoms with Crippen molar-refractivity contribution in [1.29, 1.82) is 0 Å². The van der Waals surface area contributed by atoms with E-state index in [2.05, 4.69) is 9.97 Å². The van der Waals surface area contributed by atoms with Gasteiger partial charge >= 0.3 is 0 Å². The van der Waals surface area contributed by atoms with Gasteiger partial charge in [0.25, 0.3) is 0 Å². The van der Waals surface area contributed by atoms with Crippen molar-refractivity contribution in [3.8, 4) is 40.4 Å². The Labute approximate surface area is 156 Å². The summed E-state index contributed by atoms with van der Waals surface area (Å²) in [4.78, 5) is 8.51. The van der Waals surface area contributed by atoms with Gasteiger partial charge in [0.1, 0.15) is 12.1 Å². The van der Waals surface area contributed by atoms with Gasteiger partial charge in [-0.05, 0) is 6.07 Å². The van der Waals surface area contributed by atoms with Crippen LogP contribution in [0, 0.1) is 0 Å². The summed E-state index contributed by atoms with van der Waals surface area (Å²) in [7, 11) is 7.75. The van der Waals surface area contributed by atoms with Crippen molar-refractivity contribution in [2.45, 2.75) is 0 Å². The molecule has 0 aliphatic carbocycles. The lowest BCUT2D eigenvalue weighted by molar-refractivity contribution is 0.321. The van der Waals surface area contributed by atoms with Crippen molar-refractivity contribution in [3.05, 3.63) is 30.6 Å². The van der Waals surface area contributed by atoms with Crippen molar-refractivity contribution < 1.29 is 28.4 Å². The molecular weight excluding hydrogens is 352 g/mol. The van der Waals surface area contributed by atoms with Crippen molar-refractivity contribution in [2.75, 3.05) is 35.5 Å². The predicted octanol–water partition coefficient (Wildman–Crippen LogP) is 3.47. The summed E-state index contributed by atoms with van der Waals surface area (Å²) < 4.78 is 32.7. The summed E-state index contributed by atoms with van der Waals surface area (Å²) >= 11 is 0. The lowest BCUT2D eigenvalue weighted by Gasteiger charge is -2.15. The van der Waals surface area contributed by atoms with E-state index in [-0.39, 0.29) is 0 Å². The third-order valence-corrected chi connectivity index (χ3v) is 3.96. The maximum atomic E-state index is 5.99. The van der Waals surface area contributed by atoms with Crippen LogP contribution in [-0.4, -0.2) is 45.5 Å². The molecular formula is C19H20N2O6. The minimum atomic E-state index is 0.357. The molecule has 0 spiro atoms. The molecule has 0 aliphatic rings. The van der Waals surface area contributed by atoms with Gasteiger partial charge in [-0.1, -0.05) is 0 Å². The summed E-state index contributed by atoms with van der Waals surface area (Å²) in [6.07, 6.45) is 1.42. The summed E-state index contributed by atoms with van der Waals surface area (Å²) in [5.74, 6) is 3.38. The van der Waals surface area contributed by atoms with Crippen molar-refractivity contribution in [1.82, 2.24) is 9.97 Å². The van der Waals surface area contributed by atoms with Gasteiger partial charge in [-0.15, -0.1) is 0 Å². The highest BCUT2D eigenvalue weighted by Gasteiger charge is 2.17. The number of aromatic nitrogens is 2. The number of benzene rings is 2. The summed E-state index contributed by atoms with van der Waals surface area (Å²) in [6, 6.07) is 6.91. The zero-order valence-electron chi connectivity index (χ0n) is 15.7. The fourth-order valence-electron chi connectivity index (χ4n) is 2.67. The van der Waals surface area contributed by atoms with Gasteiger partial charge in [-0.2, -0.15) is 0 Å². The Kier molecular flexibility index (Phi) is 5.35. The molecule has 0 amide bonds. The van der Waals surface area contributed by atoms with E-state index in [0.717, 1.165) is 0 Å². The quantitative estimate of drug-likeness (QED) is 0.624. The van der Waals surface area contributed by atoms with Gasteiger partial charge in [0, 0.05) is 18.2 Å². The molecule has 0 fully saturated rings. The highest BCUT2D eigenvalue weighted by atomic mass is 16.5. The smallest absolute Gasteiger partial charge is 0.230 e. The Hall–Kier alpha value is -3.42. The van der Waals surface area contributed by atoms with E-state index in [1.807, 2.05) is 0 Å². The van der Waals surface area contributed by atoms with Crippen molar-refractivity contribution >= 4 is 10.9 Å². The second kappa shape index (κ2) is 7.86. The molecule has 142 valence electrons. The molecule has 27 heavy (non-hydrogen) atoms. The van der Waals surface area contributed by atoms with Crippen LogP contribution in [0.4, 0.5) is 0 Å². The Morgan fingerprint density at radius 3 is 1.78 bits per heavy atom. The molecule has 3 rings (SSSR count). The average molecular weight is 372 g/mol. The van der Waals surface area contributed by atoms with E-state index in [0.29, 0.717) is 51.3 Å². The van der Waals surface area contributed by atoms with Crippen LogP contribution in [0.1, 0.15) is 0 Å². The molecule has 0 bridgehead atoms. The molecule has 0 unspecified atom stereocenters. The zero-order valence-corrected chi connectivity index (χ0v) is 15.7. The first-order valence-electron chi connectivity index (χ1n) is 7.99. The molecule has 2 aromatic carbocycles. The number of rotatable bonds is 7. The van der Waals surface area contributed by atoms with Crippen LogP contribution in [0.3, 0.4) is 0 Å². The SMILES string of the molecule is COc1cc2ncnc(Oc3cc(OC)c(OC)c(OC)c3)c2cc1OC. The molecule has 0 saturated heterocycles. The number of fused-ring (bicyclic) bond motifs is 1. The fourth-order valence-corrected chi connectivity index (χ4v) is 2.67. The topological polar surface area (TPSA) is 81.2 Å². The van der Waals surface area contributed by atoms with E-state index in [9.17, 15) is 0 Å². The molecule has 0 aliphatic heterocycles. The first kappa shape index (κ1) is 18.4. The predicted molar refractivity (Wildman–Crippen MR) is 98.8 cm³/mol. The van der Waals surface area contributed by atoms with Crippen LogP contribution in [0.5, 0.6) is 40.4 Å². The van der Waals surface area contributed by atoms with Crippen LogP contribution in [-0.2, 0) is 0 Å². The lowest BCUT2D eigenvalue weighted by atomic mass is 10.2. The molecule has 0 N–H and O–H groups in total. The van der Waals surface area contributed by atoms with E-state index in [1.54, 1.807) is 45.6 Å². The number of ether oxygens (including phenoxy) is 6. The second-order valence-electron chi connectivity index (χ2n) is 5.37. The zero-order chi connectivity index (χ0) is 19.4. The van der Waals surface area contributed by atoms with Gasteiger partial charge in [-0.25, -0.2) is 9.97 Å². The van der Waals surface area contributed by atoms with Gasteiger partial charge < -0.3 is 28.4 Å². The minimum absolute atomic E-state index is 0.357. The normalized spacial score (nSPS) is 10.4. The standard InChI is InChI=1S/C19H20N2O6/c1-22-14-8-12-13(9-15(14)23-2)20-10-21-19(12)27-11-6-16(24-3)18(26-5)17(7-11)25-4/h6-10H,1-5H3. The minimum Gasteiger partial charge on any atom is -0.493 e. The summed E-state index contributed by atoms with van der Waals surface area (Å²) in [5.41, 5.74) is 0.657. The molecule has 1 heterocycles. The fraction of sp³-hybridized carbons (Fsp3) is 0.263. The molecule has 1 aromatic heterocycles. The summed E-state index contributed by atoms with van der Waals surface area (Å²) in [6.45, 7) is 0. The molecule has 0 saturated carbocycles. The second-order valence-corrected chi connectivity index (χ2v) is 5.37. The monoisotopic (exact) mass is 372 g/mol. The van der Waals surface area contributed by atoms with Crippen molar-refractivity contribution in [3.63, 3.8) is 0 Å². The van der Waals surface area contributed by atoms with Crippen LogP contribution >= 0.6 is 0 Å². The van der Waals surface area contributed by atoms with E-state index < -0.39 is 0 Å². The highest BCUT2D eigenvalue weighted by molar-refractivity contribution is 5.87. The average Bonchev–Trinajstić information content (AvgIpc) is 2.72. The number of hydrogen-bond donors (Lipinski definition) is 0. The molecule has 8 nitrogen and oxygen atoms in total. The largest absolute Gasteiger partial charge is 0.493 e. The maximum Gasteiger partial charge on any atom is 0.230 e. The lowest BCUT2D eigenvalue weighted by Crippen LogP contribution is -1.98. The molecule has 3 aromatic rings. The third kappa shape index (κ3) is 3.46. The van der Waals surface area contributed by atoms with Crippen LogP contribution in [0.15, 0.2) is 30.6 Å². The molecule has 0 atom stereocenters. The Morgan fingerprint density at radius 2 is 1.22 bits per heavy atom. The first-order valence-corrected chi connectivity index (χ1v) is 7.99. The van der Waals surface area contributed by atoms with E-state index >= 15 is 0 Å². The molecule has 8 heteroatoms. The van der Waals surface area contributed by atoms with E-state index in [1.165, 1.54) is 20.5 Å². The molecule has 0 radical (unpaired) electrons. The van der Waals surface area contributed by atoms with Gasteiger partial charge in [-0.3, -0.25) is 0 Å². The van der Waals surface area contributed by atoms with Crippen LogP contribution < -0.4 is 28.4 Å².